The maximum Gasteiger partial charge on any atom is 0.253 e. The number of aryl methyl sites for hydroxylation is 2. The van der Waals surface area contributed by atoms with Gasteiger partial charge in [0, 0.05) is 41.3 Å². The van der Waals surface area contributed by atoms with Crippen molar-refractivity contribution in [3.05, 3.63) is 76.5 Å². The molecule has 1 atom stereocenters. The Morgan fingerprint density at radius 3 is 2.71 bits per heavy atom. The smallest absolute Gasteiger partial charge is 0.253 e. The van der Waals surface area contributed by atoms with Crippen LogP contribution < -0.4 is 11.1 Å². The van der Waals surface area contributed by atoms with Crippen molar-refractivity contribution in [1.29, 1.82) is 0 Å². The summed E-state index contributed by atoms with van der Waals surface area (Å²) in [6.45, 7) is 2.73. The summed E-state index contributed by atoms with van der Waals surface area (Å²) in [6, 6.07) is 11.6. The van der Waals surface area contributed by atoms with E-state index in [1.54, 1.807) is 29.4 Å². The Balaban J connectivity index is 1.38. The first-order chi connectivity index (χ1) is 16.4. The maximum atomic E-state index is 13.0. The van der Waals surface area contributed by atoms with Crippen molar-refractivity contribution >= 4 is 34.3 Å². The highest BCUT2D eigenvalue weighted by Crippen LogP contribution is 2.32. The minimum Gasteiger partial charge on any atom is -0.370 e. The van der Waals surface area contributed by atoms with E-state index in [2.05, 4.69) is 45.2 Å². The summed E-state index contributed by atoms with van der Waals surface area (Å²) in [7, 11) is 0. The van der Waals surface area contributed by atoms with Crippen LogP contribution in [-0.4, -0.2) is 37.2 Å². The molecular weight excluding hydrogens is 452 g/mol. The quantitative estimate of drug-likeness (QED) is 0.445. The Labute approximate surface area is 201 Å². The molecule has 0 fully saturated rings. The Bertz CT molecular complexity index is 1390. The normalized spacial score (nSPS) is 15.3. The number of hydrogen-bond donors (Lipinski definition) is 2. The third-order valence-electron chi connectivity index (χ3n) is 6.45. The molecule has 8 nitrogen and oxygen atoms in total. The molecule has 2 amide bonds. The van der Waals surface area contributed by atoms with Gasteiger partial charge in [0.15, 0.2) is 0 Å². The average molecular weight is 477 g/mol. The van der Waals surface area contributed by atoms with Crippen molar-refractivity contribution in [3.8, 4) is 5.69 Å². The third-order valence-corrected chi connectivity index (χ3v) is 6.76. The molecule has 1 aliphatic heterocycles. The largest absolute Gasteiger partial charge is 0.370 e. The van der Waals surface area contributed by atoms with Gasteiger partial charge in [-0.1, -0.05) is 23.2 Å². The van der Waals surface area contributed by atoms with Crippen LogP contribution in [-0.2, 0) is 24.2 Å². The highest BCUT2D eigenvalue weighted by Gasteiger charge is 2.26. The van der Waals surface area contributed by atoms with Crippen molar-refractivity contribution < 1.29 is 9.59 Å². The second kappa shape index (κ2) is 8.95. The maximum absolute atomic E-state index is 13.0. The van der Waals surface area contributed by atoms with E-state index in [1.165, 1.54) is 16.8 Å². The zero-order valence-corrected chi connectivity index (χ0v) is 19.5. The van der Waals surface area contributed by atoms with Crippen LogP contribution in [0.1, 0.15) is 40.0 Å². The summed E-state index contributed by atoms with van der Waals surface area (Å²) in [4.78, 5) is 24.5. The van der Waals surface area contributed by atoms with E-state index in [9.17, 15) is 9.59 Å². The number of nitrogens with one attached hydrogen (secondary N) is 1. The van der Waals surface area contributed by atoms with Crippen molar-refractivity contribution in [2.75, 3.05) is 0 Å². The predicted molar refractivity (Wildman–Crippen MR) is 130 cm³/mol. The molecule has 0 bridgehead atoms. The van der Waals surface area contributed by atoms with Crippen LogP contribution in [0.2, 0.25) is 5.02 Å². The number of nitrogens with zero attached hydrogens (tertiary/aromatic N) is 4. The monoisotopic (exact) mass is 476 g/mol. The van der Waals surface area contributed by atoms with Gasteiger partial charge in [-0.05, 0) is 62.1 Å². The molecule has 0 spiro atoms. The lowest BCUT2D eigenvalue weighted by atomic mass is 9.98. The highest BCUT2D eigenvalue weighted by molar-refractivity contribution is 6.34. The van der Waals surface area contributed by atoms with Gasteiger partial charge < -0.3 is 15.6 Å². The number of amides is 2. The Morgan fingerprint density at radius 1 is 1.18 bits per heavy atom. The zero-order valence-electron chi connectivity index (χ0n) is 18.8. The number of primary amides is 1. The van der Waals surface area contributed by atoms with Crippen LogP contribution in [0.4, 0.5) is 0 Å². The topological polar surface area (TPSA) is 108 Å². The van der Waals surface area contributed by atoms with Crippen molar-refractivity contribution in [1.82, 2.24) is 24.6 Å². The van der Waals surface area contributed by atoms with E-state index in [0.717, 1.165) is 29.4 Å². The van der Waals surface area contributed by atoms with Crippen LogP contribution in [0.25, 0.3) is 16.6 Å². The van der Waals surface area contributed by atoms with E-state index >= 15 is 0 Å². The number of benzene rings is 2. The lowest BCUT2D eigenvalue weighted by Gasteiger charge is -2.27. The van der Waals surface area contributed by atoms with Crippen LogP contribution in [0.15, 0.2) is 49.1 Å². The molecule has 9 heteroatoms. The lowest BCUT2D eigenvalue weighted by molar-refractivity contribution is -0.117. The summed E-state index contributed by atoms with van der Waals surface area (Å²) < 4.78 is 4.00. The SMILES string of the molecule is Cc1ccc2c(c1)c(CCC(N)=O)c1n2CC(NC(=O)c2ccc(-n3cnnc3)cc2Cl)CC1. The molecule has 5 rings (SSSR count). The molecule has 3 N–H and O–H groups in total. The van der Waals surface area contributed by atoms with Gasteiger partial charge in [-0.15, -0.1) is 10.2 Å². The molecule has 0 radical (unpaired) electrons. The zero-order chi connectivity index (χ0) is 23.8. The van der Waals surface area contributed by atoms with Gasteiger partial charge in [-0.25, -0.2) is 0 Å². The summed E-state index contributed by atoms with van der Waals surface area (Å²) in [5, 5.41) is 12.3. The average Bonchev–Trinajstić information content (AvgIpc) is 3.44. The third kappa shape index (κ3) is 4.17. The molecular formula is C25H25ClN6O2. The lowest BCUT2D eigenvalue weighted by Crippen LogP contribution is -2.41. The molecule has 0 aliphatic carbocycles. The fourth-order valence-corrected chi connectivity index (χ4v) is 5.06. The summed E-state index contributed by atoms with van der Waals surface area (Å²) in [5.74, 6) is -0.496. The minimum atomic E-state index is -0.297. The van der Waals surface area contributed by atoms with Crippen molar-refractivity contribution in [3.63, 3.8) is 0 Å². The predicted octanol–water partition coefficient (Wildman–Crippen LogP) is 3.35. The summed E-state index contributed by atoms with van der Waals surface area (Å²) >= 11 is 6.44. The van der Waals surface area contributed by atoms with Gasteiger partial charge in [0.05, 0.1) is 10.6 Å². The second-order valence-corrected chi connectivity index (χ2v) is 9.17. The fraction of sp³-hybridized carbons (Fsp3) is 0.280. The Hall–Kier alpha value is -3.65. The Morgan fingerprint density at radius 2 is 1.97 bits per heavy atom. The minimum absolute atomic E-state index is 0.0329. The van der Waals surface area contributed by atoms with Gasteiger partial charge in [0.2, 0.25) is 5.91 Å². The summed E-state index contributed by atoms with van der Waals surface area (Å²) in [6.07, 6.45) is 5.72. The van der Waals surface area contributed by atoms with Crippen LogP contribution in [0.5, 0.6) is 0 Å². The van der Waals surface area contributed by atoms with E-state index < -0.39 is 0 Å². The number of carbonyl (C=O) groups is 2. The van der Waals surface area contributed by atoms with Gasteiger partial charge in [0.25, 0.3) is 5.91 Å². The number of aromatic nitrogens is 4. The second-order valence-electron chi connectivity index (χ2n) is 8.77. The molecule has 174 valence electrons. The standard InChI is InChI=1S/C25H25ClN6O2/c1-15-2-7-23-20(10-15)18(6-9-24(27)33)22-8-3-16(12-32(22)23)30-25(34)19-5-4-17(11-21(19)26)31-13-28-29-14-31/h2,4-5,7,10-11,13-14,16H,3,6,8-9,12H2,1H3,(H2,27,33)(H,30,34). The van der Waals surface area contributed by atoms with E-state index in [1.807, 2.05) is 6.07 Å². The molecule has 3 heterocycles. The molecule has 0 saturated carbocycles. The van der Waals surface area contributed by atoms with Gasteiger partial charge in [-0.3, -0.25) is 14.2 Å². The van der Waals surface area contributed by atoms with Crippen LogP contribution >= 0.6 is 11.6 Å². The van der Waals surface area contributed by atoms with Gasteiger partial charge in [0.1, 0.15) is 12.7 Å². The number of halogens is 1. The van der Waals surface area contributed by atoms with Crippen LogP contribution in [0.3, 0.4) is 0 Å². The first-order valence-electron chi connectivity index (χ1n) is 11.2. The molecule has 34 heavy (non-hydrogen) atoms. The molecule has 4 aromatic rings. The number of fused-ring (bicyclic) bond motifs is 3. The van der Waals surface area contributed by atoms with E-state index in [-0.39, 0.29) is 17.9 Å². The first-order valence-corrected chi connectivity index (χ1v) is 11.6. The number of carbonyl (C=O) groups excluding carboxylic acids is 2. The number of nitrogens with two attached hydrogens (primary N) is 1. The number of hydrogen-bond acceptors (Lipinski definition) is 4. The van der Waals surface area contributed by atoms with Crippen molar-refractivity contribution in [2.45, 2.75) is 45.2 Å². The molecule has 2 aromatic heterocycles. The van der Waals surface area contributed by atoms with Crippen LogP contribution in [0, 0.1) is 6.92 Å². The molecule has 1 aliphatic rings. The van der Waals surface area contributed by atoms with Gasteiger partial charge in [-0.2, -0.15) is 0 Å². The fourth-order valence-electron chi connectivity index (χ4n) is 4.80. The highest BCUT2D eigenvalue weighted by atomic mass is 35.5. The number of rotatable bonds is 6. The van der Waals surface area contributed by atoms with E-state index in [0.29, 0.717) is 30.0 Å². The van der Waals surface area contributed by atoms with Crippen molar-refractivity contribution in [2.24, 2.45) is 5.73 Å². The molecule has 1 unspecified atom stereocenters. The van der Waals surface area contributed by atoms with E-state index in [4.69, 9.17) is 17.3 Å². The van der Waals surface area contributed by atoms with Gasteiger partial charge >= 0.3 is 0 Å². The first kappa shape index (κ1) is 22.2. The summed E-state index contributed by atoms with van der Waals surface area (Å²) in [5.41, 5.74) is 11.4. The molecule has 2 aromatic carbocycles. The molecule has 0 saturated heterocycles. The Kier molecular flexibility index (Phi) is 5.83.